The van der Waals surface area contributed by atoms with Gasteiger partial charge in [-0.25, -0.2) is 0 Å². The molecule has 3 heteroatoms. The van der Waals surface area contributed by atoms with Crippen LogP contribution in [0.2, 0.25) is 0 Å². The van der Waals surface area contributed by atoms with Gasteiger partial charge in [0, 0.05) is 31.1 Å². The Morgan fingerprint density at radius 2 is 2.25 bits per heavy atom. The molecule has 1 aliphatic heterocycles. The van der Waals surface area contributed by atoms with Crippen molar-refractivity contribution in [2.45, 2.75) is 26.4 Å². The molecule has 1 aliphatic rings. The van der Waals surface area contributed by atoms with Crippen LogP contribution in [0.4, 0.5) is 11.4 Å². The number of ether oxygens (including phenoxy) is 1. The smallest absolute Gasteiger partial charge is 0.0721 e. The summed E-state index contributed by atoms with van der Waals surface area (Å²) in [6, 6.07) is 6.10. The van der Waals surface area contributed by atoms with Gasteiger partial charge in [-0.3, -0.25) is 0 Å². The first kappa shape index (κ1) is 11.3. The highest BCUT2D eigenvalue weighted by Gasteiger charge is 2.16. The van der Waals surface area contributed by atoms with E-state index in [-0.39, 0.29) is 0 Å². The Morgan fingerprint density at radius 1 is 1.44 bits per heavy atom. The number of hydrogen-bond donors (Lipinski definition) is 1. The molecule has 1 aromatic carbocycles. The van der Waals surface area contributed by atoms with Gasteiger partial charge in [0.1, 0.15) is 0 Å². The second-order valence-corrected chi connectivity index (χ2v) is 4.53. The number of nitrogens with zero attached hydrogens (tertiary/aromatic N) is 1. The maximum absolute atomic E-state index is 5.85. The van der Waals surface area contributed by atoms with Crippen molar-refractivity contribution in [3.8, 4) is 0 Å². The molecule has 0 radical (unpaired) electrons. The van der Waals surface area contributed by atoms with Gasteiger partial charge in [0.05, 0.1) is 6.10 Å². The van der Waals surface area contributed by atoms with E-state index in [1.54, 1.807) is 0 Å². The standard InChI is InChI=1S/C13H20N2O/c1-10-4-5-12(14)8-13(10)15-6-3-7-16-11(2)9-15/h4-5,8,11H,3,6-7,9,14H2,1-2H3. The summed E-state index contributed by atoms with van der Waals surface area (Å²) >= 11 is 0. The van der Waals surface area contributed by atoms with E-state index < -0.39 is 0 Å². The zero-order chi connectivity index (χ0) is 11.5. The van der Waals surface area contributed by atoms with Crippen LogP contribution in [0.3, 0.4) is 0 Å². The zero-order valence-electron chi connectivity index (χ0n) is 10.1. The number of aryl methyl sites for hydroxylation is 1. The number of nitrogens with two attached hydrogens (primary N) is 1. The number of hydrogen-bond acceptors (Lipinski definition) is 3. The molecule has 0 spiro atoms. The Labute approximate surface area is 97.2 Å². The van der Waals surface area contributed by atoms with Crippen LogP contribution in [0.5, 0.6) is 0 Å². The fraction of sp³-hybridized carbons (Fsp3) is 0.538. The van der Waals surface area contributed by atoms with Gasteiger partial charge in [0.15, 0.2) is 0 Å². The molecule has 1 atom stereocenters. The Kier molecular flexibility index (Phi) is 3.34. The predicted molar refractivity (Wildman–Crippen MR) is 67.8 cm³/mol. The third-order valence-corrected chi connectivity index (χ3v) is 3.03. The maximum atomic E-state index is 5.85. The van der Waals surface area contributed by atoms with Crippen LogP contribution in [0.25, 0.3) is 0 Å². The topological polar surface area (TPSA) is 38.5 Å². The molecule has 1 heterocycles. The zero-order valence-corrected chi connectivity index (χ0v) is 10.1. The number of anilines is 2. The average Bonchev–Trinajstić information content (AvgIpc) is 2.46. The van der Waals surface area contributed by atoms with Gasteiger partial charge in [-0.05, 0) is 38.0 Å². The highest BCUT2D eigenvalue weighted by atomic mass is 16.5. The summed E-state index contributed by atoms with van der Waals surface area (Å²) in [4.78, 5) is 2.38. The van der Waals surface area contributed by atoms with Crippen molar-refractivity contribution >= 4 is 11.4 Å². The Bertz CT molecular complexity index is 365. The molecule has 1 fully saturated rings. The van der Waals surface area contributed by atoms with Crippen molar-refractivity contribution in [2.75, 3.05) is 30.3 Å². The van der Waals surface area contributed by atoms with E-state index in [4.69, 9.17) is 10.5 Å². The van der Waals surface area contributed by atoms with E-state index in [0.717, 1.165) is 31.8 Å². The molecule has 0 amide bonds. The molecular formula is C13H20N2O. The third-order valence-electron chi connectivity index (χ3n) is 3.03. The summed E-state index contributed by atoms with van der Waals surface area (Å²) in [5.41, 5.74) is 9.21. The largest absolute Gasteiger partial charge is 0.399 e. The van der Waals surface area contributed by atoms with Crippen molar-refractivity contribution in [1.82, 2.24) is 0 Å². The first-order valence-corrected chi connectivity index (χ1v) is 5.89. The third kappa shape index (κ3) is 2.47. The number of nitrogen functional groups attached to an aromatic ring is 1. The molecule has 16 heavy (non-hydrogen) atoms. The highest BCUT2D eigenvalue weighted by molar-refractivity contribution is 5.61. The molecule has 3 nitrogen and oxygen atoms in total. The molecular weight excluding hydrogens is 200 g/mol. The number of benzene rings is 1. The lowest BCUT2D eigenvalue weighted by Gasteiger charge is -2.26. The molecule has 1 aromatic rings. The monoisotopic (exact) mass is 220 g/mol. The van der Waals surface area contributed by atoms with E-state index >= 15 is 0 Å². The minimum atomic E-state index is 0.295. The average molecular weight is 220 g/mol. The fourth-order valence-electron chi connectivity index (χ4n) is 2.18. The van der Waals surface area contributed by atoms with Crippen LogP contribution < -0.4 is 10.6 Å². The number of rotatable bonds is 1. The van der Waals surface area contributed by atoms with E-state index in [2.05, 4.69) is 30.9 Å². The minimum absolute atomic E-state index is 0.295. The molecule has 1 unspecified atom stereocenters. The summed E-state index contributed by atoms with van der Waals surface area (Å²) in [5, 5.41) is 0. The minimum Gasteiger partial charge on any atom is -0.399 e. The molecule has 0 bridgehead atoms. The van der Waals surface area contributed by atoms with E-state index in [9.17, 15) is 0 Å². The van der Waals surface area contributed by atoms with Crippen LogP contribution in [-0.4, -0.2) is 25.8 Å². The first-order chi connectivity index (χ1) is 7.66. The van der Waals surface area contributed by atoms with Gasteiger partial charge >= 0.3 is 0 Å². The SMILES string of the molecule is Cc1ccc(N)cc1N1CCCOC(C)C1. The van der Waals surface area contributed by atoms with Crippen molar-refractivity contribution in [3.63, 3.8) is 0 Å². The summed E-state index contributed by atoms with van der Waals surface area (Å²) < 4.78 is 5.65. The van der Waals surface area contributed by atoms with Crippen LogP contribution in [0, 0.1) is 6.92 Å². The fourth-order valence-corrected chi connectivity index (χ4v) is 2.18. The normalized spacial score (nSPS) is 21.9. The quantitative estimate of drug-likeness (QED) is 0.737. The summed E-state index contributed by atoms with van der Waals surface area (Å²) in [6.45, 7) is 7.11. The lowest BCUT2D eigenvalue weighted by Crippen LogP contribution is -2.30. The maximum Gasteiger partial charge on any atom is 0.0721 e. The first-order valence-electron chi connectivity index (χ1n) is 5.89. The summed E-state index contributed by atoms with van der Waals surface area (Å²) in [5.74, 6) is 0. The predicted octanol–water partition coefficient (Wildman–Crippen LogP) is 2.19. The van der Waals surface area contributed by atoms with Crippen molar-refractivity contribution in [1.29, 1.82) is 0 Å². The molecule has 2 N–H and O–H groups in total. The van der Waals surface area contributed by atoms with E-state index in [0.29, 0.717) is 6.10 Å². The second-order valence-electron chi connectivity index (χ2n) is 4.53. The Balaban J connectivity index is 2.24. The van der Waals surface area contributed by atoms with E-state index in [1.165, 1.54) is 11.3 Å². The van der Waals surface area contributed by atoms with Crippen LogP contribution in [-0.2, 0) is 4.74 Å². The van der Waals surface area contributed by atoms with Crippen LogP contribution in [0.1, 0.15) is 18.9 Å². The highest BCUT2D eigenvalue weighted by Crippen LogP contribution is 2.24. The Morgan fingerprint density at radius 3 is 3.06 bits per heavy atom. The molecule has 0 saturated carbocycles. The van der Waals surface area contributed by atoms with Gasteiger partial charge in [0.2, 0.25) is 0 Å². The van der Waals surface area contributed by atoms with Crippen LogP contribution >= 0.6 is 0 Å². The Hall–Kier alpha value is -1.22. The molecule has 2 rings (SSSR count). The molecule has 1 saturated heterocycles. The molecule has 0 aliphatic carbocycles. The van der Waals surface area contributed by atoms with Crippen molar-refractivity contribution in [3.05, 3.63) is 23.8 Å². The van der Waals surface area contributed by atoms with Gasteiger partial charge in [-0.2, -0.15) is 0 Å². The molecule has 88 valence electrons. The van der Waals surface area contributed by atoms with Crippen molar-refractivity contribution in [2.24, 2.45) is 0 Å². The van der Waals surface area contributed by atoms with E-state index in [1.807, 2.05) is 6.07 Å². The van der Waals surface area contributed by atoms with Gasteiger partial charge in [-0.1, -0.05) is 6.07 Å². The lowest BCUT2D eigenvalue weighted by molar-refractivity contribution is 0.0821. The van der Waals surface area contributed by atoms with Crippen LogP contribution in [0.15, 0.2) is 18.2 Å². The van der Waals surface area contributed by atoms with Gasteiger partial charge < -0.3 is 15.4 Å². The van der Waals surface area contributed by atoms with Gasteiger partial charge in [0.25, 0.3) is 0 Å². The molecule has 0 aromatic heterocycles. The summed E-state index contributed by atoms with van der Waals surface area (Å²) in [7, 11) is 0. The van der Waals surface area contributed by atoms with Gasteiger partial charge in [-0.15, -0.1) is 0 Å². The second kappa shape index (κ2) is 4.74. The summed E-state index contributed by atoms with van der Waals surface area (Å²) in [6.07, 6.45) is 1.38. The van der Waals surface area contributed by atoms with Crippen molar-refractivity contribution < 1.29 is 4.74 Å². The lowest BCUT2D eigenvalue weighted by atomic mass is 10.1.